The summed E-state index contributed by atoms with van der Waals surface area (Å²) in [7, 11) is 4.53. The van der Waals surface area contributed by atoms with E-state index in [1.54, 1.807) is 16.8 Å². The molecule has 0 unspecified atom stereocenters. The fraction of sp³-hybridized carbons (Fsp3) is 0.250. The highest BCUT2D eigenvalue weighted by atomic mass is 16.5. The molecule has 4 aromatic rings. The molecular formula is C20H20N4O4. The fourth-order valence-corrected chi connectivity index (χ4v) is 3.37. The van der Waals surface area contributed by atoms with E-state index < -0.39 is 0 Å². The molecule has 1 aromatic carbocycles. The zero-order valence-electron chi connectivity index (χ0n) is 16.1. The van der Waals surface area contributed by atoms with Crippen molar-refractivity contribution in [1.29, 1.82) is 0 Å². The van der Waals surface area contributed by atoms with Crippen molar-refractivity contribution >= 4 is 16.6 Å². The predicted octanol–water partition coefficient (Wildman–Crippen LogP) is 2.43. The molecule has 0 bridgehead atoms. The summed E-state index contributed by atoms with van der Waals surface area (Å²) in [5, 5.41) is 0.391. The maximum atomic E-state index is 13.1. The Morgan fingerprint density at radius 2 is 1.86 bits per heavy atom. The minimum atomic E-state index is -0.202. The van der Waals surface area contributed by atoms with Crippen LogP contribution in [0, 0.1) is 6.92 Å². The summed E-state index contributed by atoms with van der Waals surface area (Å²) in [5.41, 5.74) is 3.04. The van der Waals surface area contributed by atoms with E-state index in [1.807, 2.05) is 29.7 Å². The number of hydrogen-bond donors (Lipinski definition) is 0. The lowest BCUT2D eigenvalue weighted by Crippen LogP contribution is -2.22. The number of pyridine rings is 1. The van der Waals surface area contributed by atoms with Crippen molar-refractivity contribution in [2.75, 3.05) is 21.3 Å². The standard InChI is InChI=1S/C20H20N4O4/c1-12-6-5-7-24-13(9-21-19(12)24)10-23-11-22-16-14(20(23)25)8-15(26-2)17(27-3)18(16)28-4/h5-9,11H,10H2,1-4H3. The van der Waals surface area contributed by atoms with Gasteiger partial charge in [0.15, 0.2) is 11.5 Å². The highest BCUT2D eigenvalue weighted by molar-refractivity contribution is 5.89. The van der Waals surface area contributed by atoms with Gasteiger partial charge in [-0.15, -0.1) is 0 Å². The molecule has 4 rings (SSSR count). The van der Waals surface area contributed by atoms with Crippen LogP contribution in [0.5, 0.6) is 17.2 Å². The van der Waals surface area contributed by atoms with Crippen molar-refractivity contribution in [3.05, 3.63) is 58.5 Å². The summed E-state index contributed by atoms with van der Waals surface area (Å²) >= 11 is 0. The Morgan fingerprint density at radius 3 is 2.57 bits per heavy atom. The molecule has 0 spiro atoms. The van der Waals surface area contributed by atoms with Crippen LogP contribution in [0.1, 0.15) is 11.3 Å². The SMILES string of the molecule is COc1cc2c(=O)n(Cc3cnc4c(C)cccn34)cnc2c(OC)c1OC. The third kappa shape index (κ3) is 2.65. The van der Waals surface area contributed by atoms with Crippen LogP contribution >= 0.6 is 0 Å². The van der Waals surface area contributed by atoms with E-state index in [9.17, 15) is 4.79 Å². The van der Waals surface area contributed by atoms with Crippen LogP contribution in [-0.2, 0) is 6.54 Å². The molecule has 0 aliphatic rings. The minimum absolute atomic E-state index is 0.202. The van der Waals surface area contributed by atoms with Gasteiger partial charge >= 0.3 is 0 Å². The van der Waals surface area contributed by atoms with Crippen molar-refractivity contribution in [2.24, 2.45) is 0 Å². The van der Waals surface area contributed by atoms with Gasteiger partial charge in [-0.25, -0.2) is 9.97 Å². The first-order valence-corrected chi connectivity index (χ1v) is 8.68. The third-order valence-corrected chi connectivity index (χ3v) is 4.76. The van der Waals surface area contributed by atoms with Crippen LogP contribution < -0.4 is 19.8 Å². The predicted molar refractivity (Wildman–Crippen MR) is 105 cm³/mol. The quantitative estimate of drug-likeness (QED) is 0.529. The largest absolute Gasteiger partial charge is 0.493 e. The summed E-state index contributed by atoms with van der Waals surface area (Å²) in [4.78, 5) is 22.0. The maximum absolute atomic E-state index is 13.1. The van der Waals surface area contributed by atoms with E-state index in [0.29, 0.717) is 34.7 Å². The molecule has 144 valence electrons. The Bertz CT molecular complexity index is 1240. The number of aryl methyl sites for hydroxylation is 1. The lowest BCUT2D eigenvalue weighted by atomic mass is 10.2. The number of imidazole rings is 1. The van der Waals surface area contributed by atoms with Gasteiger partial charge in [0.2, 0.25) is 5.75 Å². The van der Waals surface area contributed by atoms with Crippen molar-refractivity contribution in [1.82, 2.24) is 18.9 Å². The van der Waals surface area contributed by atoms with Crippen LogP contribution in [-0.4, -0.2) is 40.3 Å². The van der Waals surface area contributed by atoms with Crippen LogP contribution in [0.4, 0.5) is 0 Å². The van der Waals surface area contributed by atoms with Crippen LogP contribution in [0.3, 0.4) is 0 Å². The Kier molecular flexibility index (Phi) is 4.38. The monoisotopic (exact) mass is 380 g/mol. The molecule has 0 fully saturated rings. The van der Waals surface area contributed by atoms with Gasteiger partial charge in [0.25, 0.3) is 5.56 Å². The number of rotatable bonds is 5. The summed E-state index contributed by atoms with van der Waals surface area (Å²) < 4.78 is 19.7. The number of hydrogen-bond acceptors (Lipinski definition) is 6. The topological polar surface area (TPSA) is 79.9 Å². The molecule has 3 heterocycles. The van der Waals surface area contributed by atoms with Crippen molar-refractivity contribution < 1.29 is 14.2 Å². The van der Waals surface area contributed by atoms with E-state index in [2.05, 4.69) is 9.97 Å². The van der Waals surface area contributed by atoms with Gasteiger partial charge < -0.3 is 18.6 Å². The first-order chi connectivity index (χ1) is 13.6. The maximum Gasteiger partial charge on any atom is 0.261 e. The lowest BCUT2D eigenvalue weighted by molar-refractivity contribution is 0.326. The molecule has 3 aromatic heterocycles. The summed E-state index contributed by atoms with van der Waals surface area (Å²) in [6.07, 6.45) is 5.21. The summed E-state index contributed by atoms with van der Waals surface area (Å²) in [6, 6.07) is 5.58. The molecule has 8 nitrogen and oxygen atoms in total. The molecule has 0 N–H and O–H groups in total. The minimum Gasteiger partial charge on any atom is -0.493 e. The smallest absolute Gasteiger partial charge is 0.261 e. The highest BCUT2D eigenvalue weighted by Crippen LogP contribution is 2.41. The van der Waals surface area contributed by atoms with E-state index in [-0.39, 0.29) is 5.56 Å². The van der Waals surface area contributed by atoms with E-state index in [0.717, 1.165) is 16.9 Å². The number of fused-ring (bicyclic) bond motifs is 2. The zero-order valence-corrected chi connectivity index (χ0v) is 16.1. The molecule has 0 saturated carbocycles. The molecule has 0 amide bonds. The van der Waals surface area contributed by atoms with Gasteiger partial charge in [-0.2, -0.15) is 0 Å². The van der Waals surface area contributed by atoms with Crippen molar-refractivity contribution in [3.8, 4) is 17.2 Å². The second-order valence-corrected chi connectivity index (χ2v) is 6.35. The zero-order chi connectivity index (χ0) is 19.8. The summed E-state index contributed by atoms with van der Waals surface area (Å²) in [6.45, 7) is 2.34. The molecule has 0 atom stereocenters. The Hall–Kier alpha value is -3.55. The van der Waals surface area contributed by atoms with Gasteiger partial charge in [-0.05, 0) is 24.6 Å². The first-order valence-electron chi connectivity index (χ1n) is 8.68. The Labute approximate surface area is 160 Å². The molecule has 0 aliphatic heterocycles. The number of ether oxygens (including phenoxy) is 3. The van der Waals surface area contributed by atoms with Gasteiger partial charge in [-0.1, -0.05) is 6.07 Å². The molecule has 0 saturated heterocycles. The highest BCUT2D eigenvalue weighted by Gasteiger charge is 2.20. The molecular weight excluding hydrogens is 360 g/mol. The Balaban J connectivity index is 1.88. The van der Waals surface area contributed by atoms with Crippen LogP contribution in [0.15, 0.2) is 41.7 Å². The number of nitrogens with zero attached hydrogens (tertiary/aromatic N) is 4. The lowest BCUT2D eigenvalue weighted by Gasteiger charge is -2.14. The average molecular weight is 380 g/mol. The molecule has 8 heteroatoms. The van der Waals surface area contributed by atoms with Gasteiger partial charge in [-0.3, -0.25) is 9.36 Å². The first kappa shape index (κ1) is 17.8. The number of methoxy groups -OCH3 is 3. The molecule has 0 radical (unpaired) electrons. The average Bonchev–Trinajstić information content (AvgIpc) is 3.12. The number of benzene rings is 1. The van der Waals surface area contributed by atoms with Crippen LogP contribution in [0.25, 0.3) is 16.6 Å². The van der Waals surface area contributed by atoms with Crippen molar-refractivity contribution in [3.63, 3.8) is 0 Å². The van der Waals surface area contributed by atoms with Crippen LogP contribution in [0.2, 0.25) is 0 Å². The number of aromatic nitrogens is 4. The van der Waals surface area contributed by atoms with E-state index in [1.165, 1.54) is 27.7 Å². The fourth-order valence-electron chi connectivity index (χ4n) is 3.37. The van der Waals surface area contributed by atoms with Gasteiger partial charge in [0.1, 0.15) is 11.2 Å². The normalized spacial score (nSPS) is 11.1. The summed E-state index contributed by atoms with van der Waals surface area (Å²) in [5.74, 6) is 1.18. The van der Waals surface area contributed by atoms with E-state index in [4.69, 9.17) is 14.2 Å². The van der Waals surface area contributed by atoms with Gasteiger partial charge in [0.05, 0.1) is 51.5 Å². The van der Waals surface area contributed by atoms with Crippen molar-refractivity contribution in [2.45, 2.75) is 13.5 Å². The third-order valence-electron chi connectivity index (χ3n) is 4.76. The molecule has 28 heavy (non-hydrogen) atoms. The van der Waals surface area contributed by atoms with E-state index >= 15 is 0 Å². The van der Waals surface area contributed by atoms with Gasteiger partial charge in [0, 0.05) is 6.20 Å². The second-order valence-electron chi connectivity index (χ2n) is 6.35. The second kappa shape index (κ2) is 6.88. The molecule has 0 aliphatic carbocycles. The Morgan fingerprint density at radius 1 is 1.07 bits per heavy atom.